The maximum atomic E-state index is 14.7. The molecule has 0 bridgehead atoms. The summed E-state index contributed by atoms with van der Waals surface area (Å²) in [6.45, 7) is 1.72. The molecule has 3 aromatic rings. The van der Waals surface area contributed by atoms with Crippen molar-refractivity contribution in [2.24, 2.45) is 4.99 Å². The van der Waals surface area contributed by atoms with E-state index in [1.54, 1.807) is 50.4 Å². The molecule has 2 aromatic heterocycles. The molecule has 33 heavy (non-hydrogen) atoms. The second kappa shape index (κ2) is 9.32. The van der Waals surface area contributed by atoms with Crippen LogP contribution in [0.3, 0.4) is 0 Å². The Morgan fingerprint density at radius 1 is 1.30 bits per heavy atom. The summed E-state index contributed by atoms with van der Waals surface area (Å²) in [6.07, 6.45) is 7.41. The molecule has 1 saturated carbocycles. The number of rotatable bonds is 8. The van der Waals surface area contributed by atoms with Gasteiger partial charge in [-0.2, -0.15) is 0 Å². The van der Waals surface area contributed by atoms with Gasteiger partial charge in [0.05, 0.1) is 29.6 Å². The van der Waals surface area contributed by atoms with E-state index in [0.29, 0.717) is 17.2 Å². The minimum Gasteiger partial charge on any atom is -0.369 e. The van der Waals surface area contributed by atoms with Crippen LogP contribution in [0.2, 0.25) is 0 Å². The minimum absolute atomic E-state index is 0.0632. The van der Waals surface area contributed by atoms with E-state index in [0.717, 1.165) is 18.5 Å². The van der Waals surface area contributed by atoms with Crippen LogP contribution in [0.25, 0.3) is 5.69 Å². The van der Waals surface area contributed by atoms with E-state index >= 15 is 0 Å². The topological polar surface area (TPSA) is 92.5 Å². The van der Waals surface area contributed by atoms with Gasteiger partial charge in [0, 0.05) is 26.2 Å². The maximum Gasteiger partial charge on any atom is 0.259 e. The first-order valence-corrected chi connectivity index (χ1v) is 10.6. The third-order valence-corrected chi connectivity index (χ3v) is 5.23. The molecule has 9 heteroatoms. The van der Waals surface area contributed by atoms with Gasteiger partial charge < -0.3 is 14.8 Å². The summed E-state index contributed by atoms with van der Waals surface area (Å²) in [5, 5.41) is 2.59. The Kier molecular flexibility index (Phi) is 6.30. The summed E-state index contributed by atoms with van der Waals surface area (Å²) in [7, 11) is 3.60. The number of amides is 1. The first-order chi connectivity index (χ1) is 15.8. The Morgan fingerprint density at radius 3 is 2.82 bits per heavy atom. The lowest BCUT2D eigenvalue weighted by Crippen LogP contribution is -2.17. The van der Waals surface area contributed by atoms with Crippen LogP contribution in [0.5, 0.6) is 0 Å². The van der Waals surface area contributed by atoms with E-state index < -0.39 is 11.7 Å². The number of pyridine rings is 1. The lowest BCUT2D eigenvalue weighted by molar-refractivity contribution is 0.0992. The molecule has 0 spiro atoms. The van der Waals surface area contributed by atoms with Gasteiger partial charge in [0.15, 0.2) is 0 Å². The van der Waals surface area contributed by atoms with Gasteiger partial charge in [-0.15, -0.1) is 0 Å². The molecule has 1 N–H and O–H groups in total. The Hall–Kier alpha value is -3.88. The number of aryl methyl sites for hydroxylation is 1. The number of nitrogens with one attached hydrogen (secondary N) is 1. The van der Waals surface area contributed by atoms with Crippen molar-refractivity contribution in [1.29, 1.82) is 0 Å². The molecule has 8 nitrogen and oxygen atoms in total. The number of halogens is 1. The van der Waals surface area contributed by atoms with Gasteiger partial charge in [0.1, 0.15) is 23.9 Å². The Bertz CT molecular complexity index is 1230. The maximum absolute atomic E-state index is 14.7. The summed E-state index contributed by atoms with van der Waals surface area (Å²) in [6, 6.07) is 7.53. The number of carbonyl (C=O) groups is 2. The number of hydrogen-bond donors (Lipinski definition) is 1. The van der Waals surface area contributed by atoms with Crippen LogP contribution in [0.1, 0.15) is 50.9 Å². The van der Waals surface area contributed by atoms with E-state index in [2.05, 4.69) is 20.3 Å². The number of nitrogens with zero attached hydrogens (tertiary/aromatic N) is 5. The molecule has 4 rings (SSSR count). The molecule has 1 aromatic carbocycles. The van der Waals surface area contributed by atoms with Crippen molar-refractivity contribution in [1.82, 2.24) is 19.4 Å². The van der Waals surface area contributed by atoms with Crippen molar-refractivity contribution in [3.05, 3.63) is 71.2 Å². The van der Waals surface area contributed by atoms with E-state index in [-0.39, 0.29) is 29.4 Å². The summed E-state index contributed by atoms with van der Waals surface area (Å²) < 4.78 is 16.5. The second-order valence-corrected chi connectivity index (χ2v) is 8.30. The molecule has 0 atom stereocenters. The molecule has 0 unspecified atom stereocenters. The Morgan fingerprint density at radius 2 is 2.09 bits per heavy atom. The van der Waals surface area contributed by atoms with Crippen LogP contribution in [-0.2, 0) is 0 Å². The van der Waals surface area contributed by atoms with Gasteiger partial charge in [0.2, 0.25) is 5.78 Å². The van der Waals surface area contributed by atoms with Gasteiger partial charge in [0.25, 0.3) is 5.91 Å². The molecule has 1 aliphatic carbocycles. The van der Waals surface area contributed by atoms with Gasteiger partial charge in [-0.25, -0.2) is 14.4 Å². The lowest BCUT2D eigenvalue weighted by Gasteiger charge is -2.11. The third-order valence-electron chi connectivity index (χ3n) is 5.23. The number of Topliss-reactive ketones (excluding diaryl/α,β-unsaturated/α-hetero) is 1. The second-order valence-electron chi connectivity index (χ2n) is 8.30. The summed E-state index contributed by atoms with van der Waals surface area (Å²) in [4.78, 5) is 39.5. The summed E-state index contributed by atoms with van der Waals surface area (Å²) in [5.74, 6) is -0.938. The zero-order valence-electron chi connectivity index (χ0n) is 18.7. The quantitative estimate of drug-likeness (QED) is 0.323. The highest BCUT2D eigenvalue weighted by Gasteiger charge is 2.26. The molecule has 170 valence electrons. The van der Waals surface area contributed by atoms with Crippen molar-refractivity contribution in [2.75, 3.05) is 26.0 Å². The van der Waals surface area contributed by atoms with E-state index in [9.17, 15) is 14.0 Å². The lowest BCUT2D eigenvalue weighted by atomic mass is 10.1. The number of carbonyl (C=O) groups excluding carboxylic acids is 2. The zero-order chi connectivity index (χ0) is 23.5. The van der Waals surface area contributed by atoms with E-state index in [1.165, 1.54) is 18.5 Å². The molecule has 1 fully saturated rings. The fourth-order valence-corrected chi connectivity index (χ4v) is 3.38. The average molecular weight is 449 g/mol. The summed E-state index contributed by atoms with van der Waals surface area (Å²) >= 11 is 0. The molecular formula is C24H25FN6O2. The van der Waals surface area contributed by atoms with Crippen LogP contribution >= 0.6 is 0 Å². The molecular weight excluding hydrogens is 423 g/mol. The first kappa shape index (κ1) is 22.3. The highest BCUT2D eigenvalue weighted by Crippen LogP contribution is 2.39. The van der Waals surface area contributed by atoms with Crippen LogP contribution in [0.15, 0.2) is 47.8 Å². The van der Waals surface area contributed by atoms with E-state index in [1.807, 2.05) is 10.8 Å². The number of imidazole rings is 1. The predicted octanol–water partition coefficient (Wildman–Crippen LogP) is 3.62. The van der Waals surface area contributed by atoms with Crippen LogP contribution in [-0.4, -0.2) is 58.1 Å². The number of benzene rings is 1. The Labute approximate surface area is 191 Å². The number of anilines is 1. The molecule has 0 aliphatic heterocycles. The molecule has 1 amide bonds. The largest absolute Gasteiger partial charge is 0.369 e. The molecule has 0 saturated heterocycles. The van der Waals surface area contributed by atoms with Gasteiger partial charge in [-0.1, -0.05) is 6.07 Å². The highest BCUT2D eigenvalue weighted by atomic mass is 19.1. The van der Waals surface area contributed by atoms with Crippen LogP contribution in [0, 0.1) is 12.7 Å². The normalized spacial score (nSPS) is 13.3. The molecule has 1 aliphatic rings. The number of hydrogen-bond acceptors (Lipinski definition) is 5. The predicted molar refractivity (Wildman–Crippen MR) is 124 cm³/mol. The van der Waals surface area contributed by atoms with Crippen LogP contribution in [0.4, 0.5) is 10.2 Å². The van der Waals surface area contributed by atoms with Gasteiger partial charge in [-0.3, -0.25) is 14.6 Å². The zero-order valence-corrected chi connectivity index (χ0v) is 18.7. The van der Waals surface area contributed by atoms with Crippen molar-refractivity contribution in [3.8, 4) is 5.69 Å². The number of ketones is 1. The summed E-state index contributed by atoms with van der Waals surface area (Å²) in [5.41, 5.74) is 2.42. The number of aromatic nitrogens is 3. The monoisotopic (exact) mass is 448 g/mol. The SMILES string of the molecule is Cc1cc(F)c(C(=O)Nc2cccc(C(=O)CN=CN(C)C)n2)cc1-n1cnc(C2CC2)c1. The smallest absolute Gasteiger partial charge is 0.259 e. The first-order valence-electron chi connectivity index (χ1n) is 10.6. The van der Waals surface area contributed by atoms with Gasteiger partial charge in [-0.05, 0) is 49.6 Å². The van der Waals surface area contributed by atoms with Crippen molar-refractivity contribution < 1.29 is 14.0 Å². The average Bonchev–Trinajstić information content (AvgIpc) is 3.51. The van der Waals surface area contributed by atoms with E-state index in [4.69, 9.17) is 0 Å². The highest BCUT2D eigenvalue weighted by molar-refractivity contribution is 6.05. The molecule has 0 radical (unpaired) electrons. The standard InChI is InChI=1S/C24H25FN6O2/c1-15-9-18(25)17(10-21(15)31-12-20(27-14-31)16-7-8-16)24(33)29-23-6-4-5-19(28-23)22(32)11-26-13-30(2)3/h4-6,9-10,12-14,16H,7-8,11H2,1-3H3,(H,28,29,33). The van der Waals surface area contributed by atoms with Gasteiger partial charge >= 0.3 is 0 Å². The molecule has 2 heterocycles. The Balaban J connectivity index is 1.53. The number of aliphatic imine (C=N–C) groups is 1. The minimum atomic E-state index is -0.654. The van der Waals surface area contributed by atoms with Crippen molar-refractivity contribution in [2.45, 2.75) is 25.7 Å². The fraction of sp³-hybridized carbons (Fsp3) is 0.292. The third kappa shape index (κ3) is 5.31. The van der Waals surface area contributed by atoms with Crippen molar-refractivity contribution in [3.63, 3.8) is 0 Å². The van der Waals surface area contributed by atoms with Crippen molar-refractivity contribution >= 4 is 23.8 Å². The fourth-order valence-electron chi connectivity index (χ4n) is 3.38. The van der Waals surface area contributed by atoms with Crippen LogP contribution < -0.4 is 5.32 Å².